The van der Waals surface area contributed by atoms with Crippen LogP contribution < -0.4 is 20.2 Å². The molecule has 1 aliphatic carbocycles. The van der Waals surface area contributed by atoms with E-state index in [4.69, 9.17) is 21.7 Å². The van der Waals surface area contributed by atoms with Gasteiger partial charge in [0.15, 0.2) is 5.11 Å². The lowest BCUT2D eigenvalue weighted by Gasteiger charge is -2.23. The molecular formula is C22H25N3O3S. The third-order valence-corrected chi connectivity index (χ3v) is 4.95. The predicted octanol–water partition coefficient (Wildman–Crippen LogP) is 4.05. The Balaban J connectivity index is 1.46. The second-order valence-electron chi connectivity index (χ2n) is 6.87. The third kappa shape index (κ3) is 6.57. The first-order valence-corrected chi connectivity index (χ1v) is 10.1. The van der Waals surface area contributed by atoms with Gasteiger partial charge in [-0.3, -0.25) is 5.43 Å². The first-order valence-electron chi connectivity index (χ1n) is 9.70. The lowest BCUT2D eigenvalue weighted by atomic mass is 9.96. The van der Waals surface area contributed by atoms with Crippen molar-refractivity contribution < 1.29 is 14.3 Å². The van der Waals surface area contributed by atoms with Crippen molar-refractivity contribution in [2.24, 2.45) is 5.10 Å². The maximum Gasteiger partial charge on any atom is 0.343 e. The van der Waals surface area contributed by atoms with Crippen LogP contribution in [0.1, 0.15) is 48.0 Å². The Morgan fingerprint density at radius 3 is 2.34 bits per heavy atom. The van der Waals surface area contributed by atoms with Gasteiger partial charge in [0.2, 0.25) is 0 Å². The largest absolute Gasteiger partial charge is 0.497 e. The number of nitrogens with zero attached hydrogens (tertiary/aromatic N) is 1. The molecule has 29 heavy (non-hydrogen) atoms. The highest BCUT2D eigenvalue weighted by atomic mass is 32.1. The Morgan fingerprint density at radius 2 is 1.69 bits per heavy atom. The minimum Gasteiger partial charge on any atom is -0.497 e. The van der Waals surface area contributed by atoms with Gasteiger partial charge in [0.05, 0.1) is 18.9 Å². The van der Waals surface area contributed by atoms with Gasteiger partial charge < -0.3 is 14.8 Å². The minimum atomic E-state index is -0.421. The molecule has 0 radical (unpaired) electrons. The van der Waals surface area contributed by atoms with Crippen LogP contribution in [0, 0.1) is 0 Å². The van der Waals surface area contributed by atoms with Gasteiger partial charge in [-0.2, -0.15) is 5.10 Å². The SMILES string of the molecule is COc1ccc(C(=O)Oc2ccc(C=NNC(=S)NC3CCCCC3)cc2)cc1. The van der Waals surface area contributed by atoms with Gasteiger partial charge >= 0.3 is 5.97 Å². The molecule has 0 aromatic heterocycles. The highest BCUT2D eigenvalue weighted by molar-refractivity contribution is 7.80. The summed E-state index contributed by atoms with van der Waals surface area (Å²) in [5.41, 5.74) is 4.17. The Hall–Kier alpha value is -2.93. The van der Waals surface area contributed by atoms with Gasteiger partial charge in [0.25, 0.3) is 0 Å². The lowest BCUT2D eigenvalue weighted by Crippen LogP contribution is -2.40. The van der Waals surface area contributed by atoms with Gasteiger partial charge in [-0.15, -0.1) is 0 Å². The summed E-state index contributed by atoms with van der Waals surface area (Å²) in [7, 11) is 1.58. The molecule has 3 rings (SSSR count). The maximum atomic E-state index is 12.2. The fourth-order valence-corrected chi connectivity index (χ4v) is 3.36. The first-order chi connectivity index (χ1) is 14.1. The molecule has 0 spiro atoms. The van der Waals surface area contributed by atoms with Gasteiger partial charge in [-0.05, 0) is 79.2 Å². The second kappa shape index (κ2) is 10.6. The van der Waals surface area contributed by atoms with Crippen LogP contribution in [0.15, 0.2) is 53.6 Å². The number of nitrogens with one attached hydrogen (secondary N) is 2. The average Bonchev–Trinajstić information content (AvgIpc) is 2.75. The van der Waals surface area contributed by atoms with E-state index in [1.165, 1.54) is 19.3 Å². The van der Waals surface area contributed by atoms with E-state index in [0.29, 0.717) is 28.2 Å². The average molecular weight is 412 g/mol. The highest BCUT2D eigenvalue weighted by Gasteiger charge is 2.13. The zero-order valence-corrected chi connectivity index (χ0v) is 17.2. The number of methoxy groups -OCH3 is 1. The maximum absolute atomic E-state index is 12.2. The zero-order chi connectivity index (χ0) is 20.5. The van der Waals surface area contributed by atoms with E-state index in [2.05, 4.69) is 15.8 Å². The molecule has 0 unspecified atom stereocenters. The van der Waals surface area contributed by atoms with Crippen molar-refractivity contribution in [3.63, 3.8) is 0 Å². The normalized spacial score (nSPS) is 14.4. The number of hydrogen-bond acceptors (Lipinski definition) is 5. The van der Waals surface area contributed by atoms with E-state index in [1.807, 2.05) is 12.1 Å². The number of hydrazone groups is 1. The molecule has 2 aromatic carbocycles. The van der Waals surface area contributed by atoms with Crippen LogP contribution in [0.25, 0.3) is 0 Å². The van der Waals surface area contributed by atoms with Crippen molar-refractivity contribution in [2.75, 3.05) is 7.11 Å². The number of rotatable bonds is 6. The molecule has 0 heterocycles. The van der Waals surface area contributed by atoms with E-state index >= 15 is 0 Å². The Kier molecular flexibility index (Phi) is 7.58. The van der Waals surface area contributed by atoms with Crippen LogP contribution >= 0.6 is 12.2 Å². The first kappa shape index (κ1) is 20.8. The highest BCUT2D eigenvalue weighted by Crippen LogP contribution is 2.17. The second-order valence-corrected chi connectivity index (χ2v) is 7.27. The van der Waals surface area contributed by atoms with Crippen LogP contribution in [0.4, 0.5) is 0 Å². The van der Waals surface area contributed by atoms with Crippen LogP contribution in [0.3, 0.4) is 0 Å². The fraction of sp³-hybridized carbons (Fsp3) is 0.318. The zero-order valence-electron chi connectivity index (χ0n) is 16.4. The van der Waals surface area contributed by atoms with Crippen molar-refractivity contribution in [3.05, 3.63) is 59.7 Å². The molecule has 1 fully saturated rings. The van der Waals surface area contributed by atoms with Crippen LogP contribution in [-0.2, 0) is 0 Å². The summed E-state index contributed by atoms with van der Waals surface area (Å²) < 4.78 is 10.5. The molecule has 2 aromatic rings. The molecule has 2 N–H and O–H groups in total. The standard InChI is InChI=1S/C22H25N3O3S/c1-27-19-13-9-17(10-14-19)21(26)28-20-11-7-16(8-12-20)15-23-25-22(29)24-18-5-3-2-4-6-18/h7-15,18H,2-6H2,1H3,(H2,24,25,29). The molecule has 7 heteroatoms. The van der Waals surface area contributed by atoms with Crippen molar-refractivity contribution in [2.45, 2.75) is 38.1 Å². The van der Waals surface area contributed by atoms with Crippen LogP contribution in [0.2, 0.25) is 0 Å². The van der Waals surface area contributed by atoms with E-state index < -0.39 is 5.97 Å². The smallest absolute Gasteiger partial charge is 0.343 e. The summed E-state index contributed by atoms with van der Waals surface area (Å²) >= 11 is 5.28. The molecule has 6 nitrogen and oxygen atoms in total. The number of benzene rings is 2. The monoisotopic (exact) mass is 411 g/mol. The van der Waals surface area contributed by atoms with Crippen molar-refractivity contribution in [1.82, 2.24) is 10.7 Å². The molecule has 0 amide bonds. The number of hydrogen-bond donors (Lipinski definition) is 2. The lowest BCUT2D eigenvalue weighted by molar-refractivity contribution is 0.0734. The predicted molar refractivity (Wildman–Crippen MR) is 118 cm³/mol. The quantitative estimate of drug-likeness (QED) is 0.246. The molecular weight excluding hydrogens is 386 g/mol. The Bertz CT molecular complexity index is 845. The molecule has 152 valence electrons. The third-order valence-electron chi connectivity index (χ3n) is 4.74. The van der Waals surface area contributed by atoms with E-state index in [0.717, 1.165) is 18.4 Å². The summed E-state index contributed by atoms with van der Waals surface area (Å²) in [5.74, 6) is 0.729. The molecule has 0 atom stereocenters. The van der Waals surface area contributed by atoms with Crippen LogP contribution in [-0.4, -0.2) is 30.4 Å². The fourth-order valence-electron chi connectivity index (χ4n) is 3.15. The number of carbonyl (C=O) groups excluding carboxylic acids is 1. The van der Waals surface area contributed by atoms with Gasteiger partial charge in [-0.25, -0.2) is 4.79 Å². The molecule has 0 bridgehead atoms. The van der Waals surface area contributed by atoms with Crippen molar-refractivity contribution in [1.29, 1.82) is 0 Å². The topological polar surface area (TPSA) is 72.0 Å². The molecule has 1 aliphatic rings. The van der Waals surface area contributed by atoms with E-state index in [9.17, 15) is 4.79 Å². The summed E-state index contributed by atoms with van der Waals surface area (Å²) in [6, 6.07) is 14.3. The molecule has 1 saturated carbocycles. The van der Waals surface area contributed by atoms with Gasteiger partial charge in [-0.1, -0.05) is 19.3 Å². The summed E-state index contributed by atoms with van der Waals surface area (Å²) in [6.45, 7) is 0. The number of esters is 1. The Morgan fingerprint density at radius 1 is 1.03 bits per heavy atom. The van der Waals surface area contributed by atoms with Gasteiger partial charge in [0, 0.05) is 6.04 Å². The number of thiocarbonyl (C=S) groups is 1. The summed E-state index contributed by atoms with van der Waals surface area (Å²) in [4.78, 5) is 12.2. The van der Waals surface area contributed by atoms with Gasteiger partial charge in [0.1, 0.15) is 11.5 Å². The van der Waals surface area contributed by atoms with E-state index in [-0.39, 0.29) is 0 Å². The number of carbonyl (C=O) groups is 1. The minimum absolute atomic E-state index is 0.421. The van der Waals surface area contributed by atoms with Crippen LogP contribution in [0.5, 0.6) is 11.5 Å². The Labute approximate surface area is 176 Å². The van der Waals surface area contributed by atoms with Crippen molar-refractivity contribution >= 4 is 29.5 Å². The molecule has 0 aliphatic heterocycles. The summed E-state index contributed by atoms with van der Waals surface area (Å²) in [6.07, 6.45) is 7.79. The summed E-state index contributed by atoms with van der Waals surface area (Å²) in [5, 5.41) is 8.00. The molecule has 0 saturated heterocycles. The van der Waals surface area contributed by atoms with Crippen molar-refractivity contribution in [3.8, 4) is 11.5 Å². The van der Waals surface area contributed by atoms with E-state index in [1.54, 1.807) is 49.7 Å². The number of ether oxygens (including phenoxy) is 2.